The first kappa shape index (κ1) is 13.8. The Morgan fingerprint density at radius 2 is 2.33 bits per heavy atom. The standard InChI is InChI=1S/C14H20BrNO2/c1-16(8-11-5-6-18-10-11)9-12-3-4-13(15)7-14(12)17-2/h3-4,7,11H,5-6,8-10H2,1-2H3. The van der Waals surface area contributed by atoms with Gasteiger partial charge in [-0.3, -0.25) is 0 Å². The van der Waals surface area contributed by atoms with E-state index in [9.17, 15) is 0 Å². The predicted molar refractivity (Wildman–Crippen MR) is 76.0 cm³/mol. The van der Waals surface area contributed by atoms with Crippen molar-refractivity contribution in [2.45, 2.75) is 13.0 Å². The van der Waals surface area contributed by atoms with Crippen LogP contribution in [0.1, 0.15) is 12.0 Å². The highest BCUT2D eigenvalue weighted by atomic mass is 79.9. The lowest BCUT2D eigenvalue weighted by Crippen LogP contribution is -2.25. The van der Waals surface area contributed by atoms with E-state index in [1.807, 2.05) is 6.07 Å². The molecular weight excluding hydrogens is 294 g/mol. The fourth-order valence-electron chi connectivity index (χ4n) is 2.37. The average Bonchev–Trinajstić information content (AvgIpc) is 2.84. The number of methoxy groups -OCH3 is 1. The molecule has 1 saturated heterocycles. The monoisotopic (exact) mass is 313 g/mol. The minimum Gasteiger partial charge on any atom is -0.496 e. The molecule has 1 aromatic rings. The number of nitrogens with zero attached hydrogens (tertiary/aromatic N) is 1. The molecule has 1 aliphatic heterocycles. The van der Waals surface area contributed by atoms with Gasteiger partial charge in [0.15, 0.2) is 0 Å². The van der Waals surface area contributed by atoms with Crippen LogP contribution in [0.3, 0.4) is 0 Å². The van der Waals surface area contributed by atoms with Gasteiger partial charge < -0.3 is 14.4 Å². The first-order chi connectivity index (χ1) is 8.69. The van der Waals surface area contributed by atoms with Gasteiger partial charge in [0.25, 0.3) is 0 Å². The highest BCUT2D eigenvalue weighted by Crippen LogP contribution is 2.25. The summed E-state index contributed by atoms with van der Waals surface area (Å²) in [5, 5.41) is 0. The minimum absolute atomic E-state index is 0.677. The van der Waals surface area contributed by atoms with Gasteiger partial charge in [0.05, 0.1) is 13.7 Å². The Labute approximate surface area is 117 Å². The molecule has 1 atom stereocenters. The molecule has 0 aromatic heterocycles. The molecule has 100 valence electrons. The van der Waals surface area contributed by atoms with Crippen molar-refractivity contribution in [1.82, 2.24) is 4.90 Å². The van der Waals surface area contributed by atoms with Crippen molar-refractivity contribution in [3.8, 4) is 5.75 Å². The summed E-state index contributed by atoms with van der Waals surface area (Å²) < 4.78 is 11.9. The van der Waals surface area contributed by atoms with Crippen molar-refractivity contribution < 1.29 is 9.47 Å². The molecule has 0 amide bonds. The van der Waals surface area contributed by atoms with Gasteiger partial charge in [-0.1, -0.05) is 22.0 Å². The van der Waals surface area contributed by atoms with Crippen molar-refractivity contribution in [1.29, 1.82) is 0 Å². The van der Waals surface area contributed by atoms with E-state index in [1.165, 1.54) is 12.0 Å². The van der Waals surface area contributed by atoms with Crippen LogP contribution in [0, 0.1) is 5.92 Å². The first-order valence-electron chi connectivity index (χ1n) is 6.27. The van der Waals surface area contributed by atoms with Crippen molar-refractivity contribution in [2.75, 3.05) is 33.9 Å². The Morgan fingerprint density at radius 3 is 3.00 bits per heavy atom. The predicted octanol–water partition coefficient (Wildman–Crippen LogP) is 2.93. The summed E-state index contributed by atoms with van der Waals surface area (Å²) in [6, 6.07) is 6.19. The maximum absolute atomic E-state index is 5.42. The summed E-state index contributed by atoms with van der Waals surface area (Å²) in [6.07, 6.45) is 1.18. The van der Waals surface area contributed by atoms with Gasteiger partial charge in [-0.25, -0.2) is 0 Å². The molecule has 0 saturated carbocycles. The molecule has 0 spiro atoms. The van der Waals surface area contributed by atoms with Crippen molar-refractivity contribution in [2.24, 2.45) is 5.92 Å². The van der Waals surface area contributed by atoms with E-state index in [-0.39, 0.29) is 0 Å². The Bertz CT molecular complexity index is 391. The summed E-state index contributed by atoms with van der Waals surface area (Å²) in [5.74, 6) is 1.62. The molecule has 4 heteroatoms. The molecule has 18 heavy (non-hydrogen) atoms. The van der Waals surface area contributed by atoms with Crippen molar-refractivity contribution in [3.63, 3.8) is 0 Å². The maximum Gasteiger partial charge on any atom is 0.124 e. The first-order valence-corrected chi connectivity index (χ1v) is 7.07. The normalized spacial score (nSPS) is 19.4. The minimum atomic E-state index is 0.677. The van der Waals surface area contributed by atoms with Crippen LogP contribution in [0.4, 0.5) is 0 Å². The summed E-state index contributed by atoms with van der Waals surface area (Å²) >= 11 is 3.46. The molecule has 1 aliphatic rings. The molecule has 1 aromatic carbocycles. The molecular formula is C14H20BrNO2. The number of benzene rings is 1. The second-order valence-corrected chi connectivity index (χ2v) is 5.80. The van der Waals surface area contributed by atoms with E-state index >= 15 is 0 Å². The lowest BCUT2D eigenvalue weighted by Gasteiger charge is -2.21. The van der Waals surface area contributed by atoms with Gasteiger partial charge in [-0.15, -0.1) is 0 Å². The summed E-state index contributed by atoms with van der Waals surface area (Å²) in [5.41, 5.74) is 1.22. The van der Waals surface area contributed by atoms with Crippen LogP contribution in [0.5, 0.6) is 5.75 Å². The Kier molecular flexibility index (Phi) is 5.03. The largest absolute Gasteiger partial charge is 0.496 e. The molecule has 0 bridgehead atoms. The third kappa shape index (κ3) is 3.70. The number of halogens is 1. The highest BCUT2D eigenvalue weighted by molar-refractivity contribution is 9.10. The Morgan fingerprint density at radius 1 is 1.50 bits per heavy atom. The van der Waals surface area contributed by atoms with E-state index in [2.05, 4.69) is 40.0 Å². The van der Waals surface area contributed by atoms with Crippen LogP contribution in [-0.4, -0.2) is 38.8 Å². The number of rotatable bonds is 5. The summed E-state index contributed by atoms with van der Waals surface area (Å²) in [4.78, 5) is 2.34. The zero-order chi connectivity index (χ0) is 13.0. The van der Waals surface area contributed by atoms with E-state index < -0.39 is 0 Å². The zero-order valence-corrected chi connectivity index (χ0v) is 12.6. The topological polar surface area (TPSA) is 21.7 Å². The van der Waals surface area contributed by atoms with Crippen LogP contribution < -0.4 is 4.74 Å². The molecule has 0 N–H and O–H groups in total. The number of hydrogen-bond acceptors (Lipinski definition) is 3. The lowest BCUT2D eigenvalue weighted by atomic mass is 10.1. The second kappa shape index (κ2) is 6.55. The zero-order valence-electron chi connectivity index (χ0n) is 11.0. The highest BCUT2D eigenvalue weighted by Gasteiger charge is 2.18. The molecule has 1 heterocycles. The maximum atomic E-state index is 5.42. The quantitative estimate of drug-likeness (QED) is 0.834. The second-order valence-electron chi connectivity index (χ2n) is 4.88. The van der Waals surface area contributed by atoms with Crippen LogP contribution >= 0.6 is 15.9 Å². The van der Waals surface area contributed by atoms with E-state index in [0.717, 1.165) is 36.5 Å². The van der Waals surface area contributed by atoms with Crippen LogP contribution in [-0.2, 0) is 11.3 Å². The molecule has 0 radical (unpaired) electrons. The third-order valence-corrected chi connectivity index (χ3v) is 3.78. The van der Waals surface area contributed by atoms with Gasteiger partial charge in [-0.05, 0) is 31.5 Å². The van der Waals surface area contributed by atoms with E-state index in [4.69, 9.17) is 9.47 Å². The van der Waals surface area contributed by atoms with Gasteiger partial charge >= 0.3 is 0 Å². The number of hydrogen-bond donors (Lipinski definition) is 0. The fraction of sp³-hybridized carbons (Fsp3) is 0.571. The smallest absolute Gasteiger partial charge is 0.124 e. The molecule has 1 unspecified atom stereocenters. The van der Waals surface area contributed by atoms with Crippen LogP contribution in [0.15, 0.2) is 22.7 Å². The van der Waals surface area contributed by atoms with E-state index in [0.29, 0.717) is 5.92 Å². The molecule has 0 aliphatic carbocycles. The van der Waals surface area contributed by atoms with E-state index in [1.54, 1.807) is 7.11 Å². The molecule has 2 rings (SSSR count). The summed E-state index contributed by atoms with van der Waals surface area (Å²) in [6.45, 7) is 3.81. The van der Waals surface area contributed by atoms with Gasteiger partial charge in [0, 0.05) is 29.7 Å². The van der Waals surface area contributed by atoms with Gasteiger partial charge in [0.2, 0.25) is 0 Å². The molecule has 1 fully saturated rings. The Balaban J connectivity index is 1.95. The van der Waals surface area contributed by atoms with Gasteiger partial charge in [0.1, 0.15) is 5.75 Å². The third-order valence-electron chi connectivity index (χ3n) is 3.28. The van der Waals surface area contributed by atoms with Crippen LogP contribution in [0.2, 0.25) is 0 Å². The Hall–Kier alpha value is -0.580. The van der Waals surface area contributed by atoms with Crippen molar-refractivity contribution >= 4 is 15.9 Å². The average molecular weight is 314 g/mol. The fourth-order valence-corrected chi connectivity index (χ4v) is 2.71. The van der Waals surface area contributed by atoms with Crippen LogP contribution in [0.25, 0.3) is 0 Å². The van der Waals surface area contributed by atoms with Crippen molar-refractivity contribution in [3.05, 3.63) is 28.2 Å². The summed E-state index contributed by atoms with van der Waals surface area (Å²) in [7, 11) is 3.87. The molecule has 3 nitrogen and oxygen atoms in total. The lowest BCUT2D eigenvalue weighted by molar-refractivity contribution is 0.172. The van der Waals surface area contributed by atoms with Gasteiger partial charge in [-0.2, -0.15) is 0 Å². The SMILES string of the molecule is COc1cc(Br)ccc1CN(C)CC1CCOC1. The number of ether oxygens (including phenoxy) is 2.